The van der Waals surface area contributed by atoms with E-state index in [4.69, 9.17) is 8.83 Å². The third-order valence-corrected chi connectivity index (χ3v) is 32.6. The largest absolute Gasteiger partial charge is 0.455 e. The second kappa shape index (κ2) is 24.7. The second-order valence-corrected chi connectivity index (χ2v) is 34.5. The van der Waals surface area contributed by atoms with Crippen molar-refractivity contribution in [3.63, 3.8) is 0 Å². The van der Waals surface area contributed by atoms with Gasteiger partial charge in [-0.15, -0.1) is 0 Å². The minimum absolute atomic E-state index is 0.190. The van der Waals surface area contributed by atoms with Gasteiger partial charge in [0.2, 0.25) is 0 Å². The molecule has 0 radical (unpaired) electrons. The molecule has 0 unspecified atom stereocenters. The van der Waals surface area contributed by atoms with Crippen LogP contribution in [0.5, 0.6) is 0 Å². The maximum atomic E-state index is 7.05. The molecule has 8 rings (SSSR count). The van der Waals surface area contributed by atoms with Gasteiger partial charge in [0.25, 0.3) is 0 Å². The molecule has 3 nitrogen and oxygen atoms in total. The molecular formula is C63H83NO2P2Si2. The van der Waals surface area contributed by atoms with E-state index in [0.717, 1.165) is 22.3 Å². The van der Waals surface area contributed by atoms with Gasteiger partial charge >= 0.3 is 0 Å². The van der Waals surface area contributed by atoms with E-state index < -0.39 is 32.3 Å². The van der Waals surface area contributed by atoms with E-state index >= 15 is 0 Å². The molecule has 0 saturated carbocycles. The monoisotopic (exact) mass is 1000 g/mol. The summed E-state index contributed by atoms with van der Waals surface area (Å²) in [6.45, 7) is 19.2. The average molecular weight is 1000 g/mol. The zero-order chi connectivity index (χ0) is 49.1. The lowest BCUT2D eigenvalue weighted by Crippen LogP contribution is -2.48. The topological polar surface area (TPSA) is 29.5 Å². The van der Waals surface area contributed by atoms with Crippen molar-refractivity contribution in [2.75, 3.05) is 0 Å². The average Bonchev–Trinajstić information content (AvgIpc) is 3.98. The second-order valence-electron chi connectivity index (χ2n) is 20.8. The first-order valence-electron chi connectivity index (χ1n) is 27.7. The van der Waals surface area contributed by atoms with Gasteiger partial charge in [-0.25, -0.2) is 4.44 Å². The first-order chi connectivity index (χ1) is 34.3. The lowest BCUT2D eigenvalue weighted by Gasteiger charge is -2.42. The van der Waals surface area contributed by atoms with Crippen molar-refractivity contribution in [1.82, 2.24) is 4.44 Å². The third kappa shape index (κ3) is 11.1. The van der Waals surface area contributed by atoms with Gasteiger partial charge in [0.1, 0.15) is 22.3 Å². The molecule has 2 heterocycles. The summed E-state index contributed by atoms with van der Waals surface area (Å²) in [5, 5.41) is 13.5. The summed E-state index contributed by atoms with van der Waals surface area (Å²) in [6, 6.07) is 60.7. The van der Waals surface area contributed by atoms with E-state index in [1.54, 1.807) is 10.4 Å². The standard InChI is InChI=1S/C63H83NO2P2Si2/c1-9-15-43-69(44-16-10-2,45-17-11-3)52-39-35-50(36-40-52)67(51-37-41-53(42-38-51)70(46-18-12-4,47-19-13-5)48-20-14-6)64(49(7)8)68(60-33-25-29-56-54-27-21-23-31-58(54)65-62(56)60)61-34-26-30-57-55-28-22-24-32-59(55)66-63(57)61/h21-42,49H,9-20,43-48H2,1-8H3. The van der Waals surface area contributed by atoms with Crippen molar-refractivity contribution in [2.24, 2.45) is 0 Å². The Bertz CT molecular complexity index is 2650. The fourth-order valence-electron chi connectivity index (χ4n) is 11.7. The summed E-state index contributed by atoms with van der Waals surface area (Å²) in [5.41, 5.74) is 3.86. The maximum absolute atomic E-state index is 7.05. The summed E-state index contributed by atoms with van der Waals surface area (Å²) in [4.78, 5) is 0. The molecule has 0 fully saturated rings. The van der Waals surface area contributed by atoms with Crippen molar-refractivity contribution in [3.05, 3.63) is 133 Å². The number of hydrogen-bond acceptors (Lipinski definition) is 3. The number of unbranched alkanes of at least 4 members (excludes halogenated alkanes) is 6. The van der Waals surface area contributed by atoms with Gasteiger partial charge in [-0.1, -0.05) is 274 Å². The van der Waals surface area contributed by atoms with Crippen LogP contribution in [0, 0.1) is 0 Å². The first-order valence-corrected chi connectivity index (χ1v) is 35.5. The lowest BCUT2D eigenvalue weighted by atomic mass is 10.1. The van der Waals surface area contributed by atoms with E-state index in [9.17, 15) is 0 Å². The molecule has 70 heavy (non-hydrogen) atoms. The molecule has 0 atom stereocenters. The van der Waals surface area contributed by atoms with E-state index in [2.05, 4.69) is 193 Å². The number of benzene rings is 6. The zero-order valence-corrected chi connectivity index (χ0v) is 48.0. The fourth-order valence-corrected chi connectivity index (χ4v) is 29.2. The molecule has 0 N–H and O–H groups in total. The Labute approximate surface area is 426 Å². The van der Waals surface area contributed by atoms with Crippen LogP contribution in [-0.4, -0.2) is 26.6 Å². The molecule has 0 aliphatic heterocycles. The quantitative estimate of drug-likeness (QED) is 0.0380. The van der Waals surface area contributed by atoms with Crippen LogP contribution in [0.2, 0.25) is 36.3 Å². The van der Waals surface area contributed by atoms with Gasteiger partial charge in [0, 0.05) is 54.3 Å². The first kappa shape index (κ1) is 52.5. The smallest absolute Gasteiger partial charge is 0.144 e. The van der Waals surface area contributed by atoms with E-state index in [1.807, 2.05) is 0 Å². The Balaban J connectivity index is 1.39. The Kier molecular flexibility index (Phi) is 18.5. The molecule has 0 amide bonds. The fraction of sp³-hybridized carbons (Fsp3) is 0.429. The highest BCUT2D eigenvalue weighted by Gasteiger charge is 2.39. The van der Waals surface area contributed by atoms with Gasteiger partial charge in [-0.05, 0) is 48.7 Å². The molecule has 0 saturated heterocycles. The van der Waals surface area contributed by atoms with Gasteiger partial charge in [-0.2, -0.15) is 0 Å². The maximum Gasteiger partial charge on any atom is 0.144 e. The predicted molar refractivity (Wildman–Crippen MR) is 319 cm³/mol. The van der Waals surface area contributed by atoms with Crippen LogP contribution < -0.4 is 31.6 Å². The Morgan fingerprint density at radius 2 is 0.714 bits per heavy atom. The molecule has 0 aliphatic carbocycles. The molecule has 0 bridgehead atoms. The highest BCUT2D eigenvalue weighted by atomic mass is 31.2. The van der Waals surface area contributed by atoms with E-state index in [1.165, 1.54) is 156 Å². The van der Waals surface area contributed by atoms with Crippen LogP contribution >= 0.6 is 16.1 Å². The summed E-state index contributed by atoms with van der Waals surface area (Å²) < 4.78 is 17.1. The zero-order valence-electron chi connectivity index (χ0n) is 44.2. The molecule has 370 valence electrons. The van der Waals surface area contributed by atoms with Gasteiger partial charge in [-0.3, -0.25) is 0 Å². The molecule has 6 aromatic carbocycles. The highest BCUT2D eigenvalue weighted by molar-refractivity contribution is 7.85. The third-order valence-electron chi connectivity index (χ3n) is 15.6. The number of hydrogen-bond donors (Lipinski definition) is 0. The number of nitrogens with zero attached hydrogens (tertiary/aromatic N) is 1. The van der Waals surface area contributed by atoms with Crippen LogP contribution in [0.25, 0.3) is 43.9 Å². The predicted octanol–water partition coefficient (Wildman–Crippen LogP) is 17.7. The summed E-state index contributed by atoms with van der Waals surface area (Å²) in [7, 11) is -5.73. The molecule has 7 heteroatoms. The van der Waals surface area contributed by atoms with Crippen molar-refractivity contribution >= 4 is 108 Å². The van der Waals surface area contributed by atoms with Gasteiger partial charge in [0.05, 0.1) is 16.1 Å². The normalized spacial score (nSPS) is 12.7. The van der Waals surface area contributed by atoms with E-state index in [0.29, 0.717) is 0 Å². The van der Waals surface area contributed by atoms with Crippen molar-refractivity contribution in [1.29, 1.82) is 0 Å². The summed E-state index contributed by atoms with van der Waals surface area (Å²) in [5.74, 6) is 0. The van der Waals surface area contributed by atoms with Crippen molar-refractivity contribution in [2.45, 2.75) is 175 Å². The molecule has 0 spiro atoms. The Hall–Kier alpha value is -3.83. The highest BCUT2D eigenvalue weighted by Crippen LogP contribution is 2.58. The van der Waals surface area contributed by atoms with E-state index in [-0.39, 0.29) is 6.04 Å². The van der Waals surface area contributed by atoms with Gasteiger partial charge in [0.15, 0.2) is 0 Å². The molecule has 8 aromatic rings. The van der Waals surface area contributed by atoms with Crippen LogP contribution in [0.15, 0.2) is 142 Å². The minimum atomic E-state index is -1.73. The van der Waals surface area contributed by atoms with Crippen molar-refractivity contribution < 1.29 is 8.83 Å². The SMILES string of the molecule is CCCC[Si](CCCC)(CCCC)c1ccc(P(c2ccc([Si](CCCC)(CCCC)CCCC)cc2)N(C(C)C)P(c2cccc3c2oc2ccccc23)c2cccc3c2oc2ccccc23)cc1. The van der Waals surface area contributed by atoms with Crippen LogP contribution in [0.4, 0.5) is 0 Å². The van der Waals surface area contributed by atoms with Crippen LogP contribution in [-0.2, 0) is 0 Å². The molecular weight excluding hydrogens is 921 g/mol. The van der Waals surface area contributed by atoms with Crippen molar-refractivity contribution in [3.8, 4) is 0 Å². The lowest BCUT2D eigenvalue weighted by molar-refractivity contribution is 0.583. The van der Waals surface area contributed by atoms with Crippen LogP contribution in [0.3, 0.4) is 0 Å². The molecule has 0 aliphatic rings. The minimum Gasteiger partial charge on any atom is -0.455 e. The summed E-state index contributed by atoms with van der Waals surface area (Å²) >= 11 is 0. The van der Waals surface area contributed by atoms with Crippen LogP contribution in [0.1, 0.15) is 132 Å². The Morgan fingerprint density at radius 1 is 0.386 bits per heavy atom. The number of fused-ring (bicyclic) bond motifs is 6. The Morgan fingerprint density at radius 3 is 1.04 bits per heavy atom. The molecule has 2 aromatic heterocycles. The number of furan rings is 2. The summed E-state index contributed by atoms with van der Waals surface area (Å²) in [6.07, 6.45) is 15.7. The number of para-hydroxylation sites is 4. The number of rotatable bonds is 27. The van der Waals surface area contributed by atoms with Gasteiger partial charge < -0.3 is 8.83 Å².